The van der Waals surface area contributed by atoms with E-state index < -0.39 is 40.8 Å². The summed E-state index contributed by atoms with van der Waals surface area (Å²) < 4.78 is 38.4. The number of aromatic nitrogens is 1. The summed E-state index contributed by atoms with van der Waals surface area (Å²) in [6.45, 7) is -0.307. The summed E-state index contributed by atoms with van der Waals surface area (Å²) in [7, 11) is -3.74. The van der Waals surface area contributed by atoms with E-state index in [-0.39, 0.29) is 35.3 Å². The first-order chi connectivity index (χ1) is 21.4. The Morgan fingerprint density at radius 2 is 1.73 bits per heavy atom. The van der Waals surface area contributed by atoms with Gasteiger partial charge in [-0.25, -0.2) is 22.3 Å². The summed E-state index contributed by atoms with van der Waals surface area (Å²) in [6.07, 6.45) is 7.89. The predicted octanol–water partition coefficient (Wildman–Crippen LogP) is 4.01. The van der Waals surface area contributed by atoms with Gasteiger partial charge in [-0.1, -0.05) is 32.1 Å². The first-order valence-electron chi connectivity index (χ1n) is 15.7. The van der Waals surface area contributed by atoms with Crippen LogP contribution in [0.25, 0.3) is 10.9 Å². The molecule has 3 aliphatic rings. The molecule has 12 nitrogen and oxygen atoms in total. The molecule has 1 saturated heterocycles. The fourth-order valence-electron chi connectivity index (χ4n) is 7.67. The molecule has 45 heavy (non-hydrogen) atoms. The van der Waals surface area contributed by atoms with Gasteiger partial charge < -0.3 is 25.6 Å². The van der Waals surface area contributed by atoms with E-state index in [4.69, 9.17) is 5.11 Å². The molecule has 3 fully saturated rings. The molecule has 2 aliphatic carbocycles. The minimum atomic E-state index is -3.74. The number of fused-ring (bicyclic) bond motifs is 1. The predicted molar refractivity (Wildman–Crippen MR) is 166 cm³/mol. The number of hydrogen-bond acceptors (Lipinski definition) is 6. The van der Waals surface area contributed by atoms with Gasteiger partial charge in [0.05, 0.1) is 12.3 Å². The SMILES string of the molecule is CS(=O)(=O)NC(=O)c1cc2cc(NC(=O)[C@@H]3[C@H](C4CCCCC4)CCN3C(=O)[C@H]3CC[C@H]([C@@H](CF)NC(=O)O)CC3)ccc2[nH]1. The van der Waals surface area contributed by atoms with E-state index in [0.29, 0.717) is 54.7 Å². The number of sulfonamides is 1. The third kappa shape index (κ3) is 7.77. The number of carbonyl (C=O) groups is 4. The molecule has 5 rings (SSSR count). The number of halogens is 1. The summed E-state index contributed by atoms with van der Waals surface area (Å²) >= 11 is 0. The van der Waals surface area contributed by atoms with Crippen LogP contribution in [0.15, 0.2) is 24.3 Å². The molecule has 1 aliphatic heterocycles. The molecule has 1 aromatic carbocycles. The van der Waals surface area contributed by atoms with Crippen molar-refractivity contribution in [3.05, 3.63) is 30.0 Å². The summed E-state index contributed by atoms with van der Waals surface area (Å²) in [4.78, 5) is 56.0. The fourth-order valence-corrected chi connectivity index (χ4v) is 8.12. The van der Waals surface area contributed by atoms with Crippen molar-refractivity contribution < 1.29 is 37.1 Å². The number of carbonyl (C=O) groups excluding carboxylic acids is 3. The number of nitrogens with zero attached hydrogens (tertiary/aromatic N) is 1. The van der Waals surface area contributed by atoms with Crippen molar-refractivity contribution in [2.75, 3.05) is 24.8 Å². The molecule has 5 N–H and O–H groups in total. The van der Waals surface area contributed by atoms with Gasteiger partial charge in [0, 0.05) is 29.1 Å². The first kappa shape index (κ1) is 32.7. The van der Waals surface area contributed by atoms with Crippen LogP contribution in [0.3, 0.4) is 0 Å². The van der Waals surface area contributed by atoms with E-state index in [1.54, 1.807) is 23.1 Å². The number of hydrogen-bond donors (Lipinski definition) is 5. The minimum Gasteiger partial charge on any atom is -0.465 e. The molecule has 0 spiro atoms. The second-order valence-corrected chi connectivity index (χ2v) is 14.6. The average Bonchev–Trinajstić information content (AvgIpc) is 3.64. The molecule has 0 bridgehead atoms. The largest absolute Gasteiger partial charge is 0.465 e. The lowest BCUT2D eigenvalue weighted by atomic mass is 9.76. The van der Waals surface area contributed by atoms with Crippen LogP contribution in [0.5, 0.6) is 0 Å². The first-order valence-corrected chi connectivity index (χ1v) is 17.6. The standard InChI is InChI=1S/C31H42FN5O7S/c1-45(43,44)36-28(38)25-16-21-15-22(11-12-24(21)34-25)33-29(39)27-23(18-5-3-2-4-6-18)13-14-37(27)30(40)20-9-7-19(8-10-20)26(17-32)35-31(41)42/h11-12,15-16,18-20,23,26-27,34-35H,2-10,13-14,17H2,1H3,(H,33,39)(H,36,38)(H,41,42)/t19-,20-,23-,26+,27-/m0/s1. The Kier molecular flexibility index (Phi) is 10.00. The molecule has 14 heteroatoms. The Morgan fingerprint density at radius 3 is 2.38 bits per heavy atom. The highest BCUT2D eigenvalue weighted by atomic mass is 32.2. The molecule has 2 saturated carbocycles. The van der Waals surface area contributed by atoms with Gasteiger partial charge in [-0.3, -0.25) is 14.4 Å². The van der Waals surface area contributed by atoms with E-state index in [1.165, 1.54) is 12.5 Å². The van der Waals surface area contributed by atoms with Gasteiger partial charge in [-0.05, 0) is 74.1 Å². The van der Waals surface area contributed by atoms with Crippen LogP contribution >= 0.6 is 0 Å². The van der Waals surface area contributed by atoms with Gasteiger partial charge in [0.1, 0.15) is 18.4 Å². The van der Waals surface area contributed by atoms with Gasteiger partial charge in [0.15, 0.2) is 0 Å². The monoisotopic (exact) mass is 647 g/mol. The van der Waals surface area contributed by atoms with Gasteiger partial charge in [-0.15, -0.1) is 0 Å². The van der Waals surface area contributed by atoms with Crippen LogP contribution in [-0.4, -0.2) is 78.8 Å². The Bertz CT molecular complexity index is 1530. The van der Waals surface area contributed by atoms with Crippen molar-refractivity contribution in [1.29, 1.82) is 0 Å². The lowest BCUT2D eigenvalue weighted by molar-refractivity contribution is -0.142. The fraction of sp³-hybridized carbons (Fsp3) is 0.613. The van der Waals surface area contributed by atoms with Crippen LogP contribution in [0.1, 0.15) is 74.7 Å². The molecule has 2 heterocycles. The van der Waals surface area contributed by atoms with Gasteiger partial charge >= 0.3 is 6.09 Å². The van der Waals surface area contributed by atoms with Crippen molar-refractivity contribution in [2.45, 2.75) is 76.3 Å². The maximum atomic E-state index is 14.0. The van der Waals surface area contributed by atoms with Crippen LogP contribution in [0.4, 0.5) is 14.9 Å². The number of nitrogens with one attached hydrogen (secondary N) is 4. The molecular formula is C31H42FN5O7S. The van der Waals surface area contributed by atoms with E-state index in [9.17, 15) is 32.0 Å². The van der Waals surface area contributed by atoms with Crippen molar-refractivity contribution in [1.82, 2.24) is 19.9 Å². The van der Waals surface area contributed by atoms with E-state index in [1.807, 2.05) is 4.72 Å². The zero-order valence-corrected chi connectivity index (χ0v) is 26.2. The Labute approximate surface area is 261 Å². The maximum absolute atomic E-state index is 14.0. The van der Waals surface area contributed by atoms with Crippen molar-refractivity contribution in [2.24, 2.45) is 23.7 Å². The second-order valence-electron chi connectivity index (χ2n) is 12.8. The number of likely N-dealkylation sites (tertiary alicyclic amines) is 1. The quantitative estimate of drug-likeness (QED) is 0.273. The van der Waals surface area contributed by atoms with Crippen LogP contribution in [-0.2, 0) is 19.6 Å². The highest BCUT2D eigenvalue weighted by Crippen LogP contribution is 2.41. The molecule has 1 aromatic heterocycles. The van der Waals surface area contributed by atoms with E-state index in [0.717, 1.165) is 38.4 Å². The Hall–Kier alpha value is -3.68. The number of rotatable bonds is 9. The third-order valence-electron chi connectivity index (χ3n) is 9.83. The Balaban J connectivity index is 1.31. The third-order valence-corrected chi connectivity index (χ3v) is 10.4. The normalized spacial score (nSPS) is 25.1. The highest BCUT2D eigenvalue weighted by Gasteiger charge is 2.47. The topological polar surface area (TPSA) is 178 Å². The van der Waals surface area contributed by atoms with Crippen LogP contribution in [0, 0.1) is 23.7 Å². The smallest absolute Gasteiger partial charge is 0.404 e. The van der Waals surface area contributed by atoms with Crippen molar-refractivity contribution in [3.63, 3.8) is 0 Å². The van der Waals surface area contributed by atoms with Gasteiger partial charge in [-0.2, -0.15) is 0 Å². The zero-order valence-electron chi connectivity index (χ0n) is 25.4. The Morgan fingerprint density at radius 1 is 1.02 bits per heavy atom. The zero-order chi connectivity index (χ0) is 32.3. The summed E-state index contributed by atoms with van der Waals surface area (Å²) in [5.41, 5.74) is 1.15. The maximum Gasteiger partial charge on any atom is 0.404 e. The number of alkyl halides is 1. The van der Waals surface area contributed by atoms with E-state index >= 15 is 0 Å². The minimum absolute atomic E-state index is 0.0311. The van der Waals surface area contributed by atoms with Crippen molar-refractivity contribution >= 4 is 50.4 Å². The van der Waals surface area contributed by atoms with Gasteiger partial charge in [0.2, 0.25) is 21.8 Å². The van der Waals surface area contributed by atoms with Gasteiger partial charge in [0.25, 0.3) is 5.91 Å². The molecule has 4 amide bonds. The number of carboxylic acid groups (broad SMARTS) is 1. The number of benzene rings is 1. The highest BCUT2D eigenvalue weighted by molar-refractivity contribution is 7.89. The van der Waals surface area contributed by atoms with E-state index in [2.05, 4.69) is 15.6 Å². The van der Waals surface area contributed by atoms with Crippen molar-refractivity contribution in [3.8, 4) is 0 Å². The summed E-state index contributed by atoms with van der Waals surface area (Å²) in [5.74, 6) is -1.23. The summed E-state index contributed by atoms with van der Waals surface area (Å²) in [5, 5.41) is 14.9. The molecule has 2 aromatic rings. The molecule has 246 valence electrons. The number of H-pyrrole nitrogens is 1. The lowest BCUT2D eigenvalue weighted by Gasteiger charge is -2.37. The number of aromatic amines is 1. The molecule has 0 unspecified atom stereocenters. The molecule has 0 radical (unpaired) electrons. The summed E-state index contributed by atoms with van der Waals surface area (Å²) in [6, 6.07) is 5.17. The molecular weight excluding hydrogens is 605 g/mol. The second kappa shape index (κ2) is 13.8. The number of anilines is 1. The van der Waals surface area contributed by atoms with Crippen LogP contribution in [0.2, 0.25) is 0 Å². The number of amides is 4. The lowest BCUT2D eigenvalue weighted by Crippen LogP contribution is -2.50. The van der Waals surface area contributed by atoms with Crippen LogP contribution < -0.4 is 15.4 Å². The average molecular weight is 648 g/mol. The molecule has 3 atom stereocenters.